The normalized spacial score (nSPS) is 17.4. The average Bonchev–Trinajstić information content (AvgIpc) is 3.25. The van der Waals surface area contributed by atoms with Crippen LogP contribution in [0.25, 0.3) is 10.2 Å². The van der Waals surface area contributed by atoms with Crippen LogP contribution in [0.1, 0.15) is 32.1 Å². The van der Waals surface area contributed by atoms with E-state index in [1.54, 1.807) is 10.9 Å². The molecule has 8 heteroatoms. The summed E-state index contributed by atoms with van der Waals surface area (Å²) in [5, 5.41) is 5.55. The third-order valence-electron chi connectivity index (χ3n) is 4.02. The maximum absolute atomic E-state index is 12.2. The van der Waals surface area contributed by atoms with Crippen molar-refractivity contribution in [3.63, 3.8) is 0 Å². The molecule has 0 aromatic carbocycles. The number of thiophene rings is 1. The summed E-state index contributed by atoms with van der Waals surface area (Å²) in [4.78, 5) is 28.3. The fourth-order valence-electron chi connectivity index (χ4n) is 2.66. The molecule has 0 unspecified atom stereocenters. The highest BCUT2D eigenvalue weighted by Gasteiger charge is 2.15. The molecule has 0 saturated carbocycles. The molecule has 1 aliphatic heterocycles. The minimum Gasteiger partial charge on any atom is -0.354 e. The second kappa shape index (κ2) is 8.92. The van der Waals surface area contributed by atoms with E-state index in [9.17, 15) is 9.59 Å². The third kappa shape index (κ3) is 4.77. The number of carbonyl (C=O) groups excluding carboxylic acids is 1. The van der Waals surface area contributed by atoms with E-state index in [1.165, 1.54) is 29.9 Å². The Hall–Kier alpha value is -0.990. The van der Waals surface area contributed by atoms with E-state index < -0.39 is 0 Å². The van der Waals surface area contributed by atoms with Gasteiger partial charge in [0.2, 0.25) is 5.91 Å². The van der Waals surface area contributed by atoms with E-state index >= 15 is 0 Å². The molecule has 0 spiro atoms. The Balaban J connectivity index is 1.35. The van der Waals surface area contributed by atoms with Gasteiger partial charge in [0, 0.05) is 30.5 Å². The molecule has 3 heterocycles. The first kappa shape index (κ1) is 17.8. The van der Waals surface area contributed by atoms with Gasteiger partial charge in [0.1, 0.15) is 4.70 Å². The van der Waals surface area contributed by atoms with E-state index in [1.807, 2.05) is 33.0 Å². The summed E-state index contributed by atoms with van der Waals surface area (Å²) < 4.78 is 2.24. The first-order valence-corrected chi connectivity index (χ1v) is 11.5. The zero-order valence-electron chi connectivity index (χ0n) is 13.4. The Morgan fingerprint density at radius 2 is 2.33 bits per heavy atom. The minimum atomic E-state index is -0.0313. The van der Waals surface area contributed by atoms with Gasteiger partial charge in [-0.2, -0.15) is 0 Å². The first-order valence-electron chi connectivity index (χ1n) is 8.21. The molecule has 0 radical (unpaired) electrons. The molecule has 1 atom stereocenters. The lowest BCUT2D eigenvalue weighted by atomic mass is 10.1. The molecule has 0 aliphatic carbocycles. The van der Waals surface area contributed by atoms with Gasteiger partial charge in [-0.3, -0.25) is 14.2 Å². The number of aromatic nitrogens is 2. The minimum absolute atomic E-state index is 0.0313. The van der Waals surface area contributed by atoms with Gasteiger partial charge >= 0.3 is 0 Å². The third-order valence-corrected chi connectivity index (χ3v) is 7.92. The molecule has 5 nitrogen and oxygen atoms in total. The molecular formula is C16H21N3O2S3. The van der Waals surface area contributed by atoms with Gasteiger partial charge in [0.25, 0.3) is 5.56 Å². The van der Waals surface area contributed by atoms with Crippen LogP contribution in [0.4, 0.5) is 0 Å². The number of amides is 1. The summed E-state index contributed by atoms with van der Waals surface area (Å²) >= 11 is 1.41. The first-order chi connectivity index (χ1) is 11.7. The van der Waals surface area contributed by atoms with Crippen LogP contribution in [-0.2, 0) is 11.3 Å². The summed E-state index contributed by atoms with van der Waals surface area (Å²) in [7, 11) is 3.96. The fourth-order valence-corrected chi connectivity index (χ4v) is 6.48. The topological polar surface area (TPSA) is 64.0 Å². The van der Waals surface area contributed by atoms with Crippen molar-refractivity contribution in [2.24, 2.45) is 0 Å². The van der Waals surface area contributed by atoms with Gasteiger partial charge in [0.15, 0.2) is 0 Å². The van der Waals surface area contributed by atoms with Gasteiger partial charge in [-0.25, -0.2) is 4.98 Å². The molecule has 1 amide bonds. The summed E-state index contributed by atoms with van der Waals surface area (Å²) in [5.74, 6) is 1.34. The summed E-state index contributed by atoms with van der Waals surface area (Å²) in [6.07, 6.45) is 6.70. The predicted molar refractivity (Wildman–Crippen MR) is 104 cm³/mol. The SMILES string of the molecule is O=C(CCCC[C@H]1CCSS1)NCCn1cnc2ccsc2c1=O. The van der Waals surface area contributed by atoms with Crippen molar-refractivity contribution in [2.75, 3.05) is 12.3 Å². The van der Waals surface area contributed by atoms with E-state index in [2.05, 4.69) is 10.3 Å². The van der Waals surface area contributed by atoms with Crippen LogP contribution < -0.4 is 10.9 Å². The van der Waals surface area contributed by atoms with Crippen molar-refractivity contribution in [1.29, 1.82) is 0 Å². The summed E-state index contributed by atoms with van der Waals surface area (Å²) in [6, 6.07) is 1.84. The van der Waals surface area contributed by atoms with Gasteiger partial charge in [0.05, 0.1) is 11.8 Å². The molecule has 0 bridgehead atoms. The highest BCUT2D eigenvalue weighted by atomic mass is 33.1. The van der Waals surface area contributed by atoms with Crippen molar-refractivity contribution in [3.05, 3.63) is 28.1 Å². The number of nitrogens with zero attached hydrogens (tertiary/aromatic N) is 2. The highest BCUT2D eigenvalue weighted by molar-refractivity contribution is 8.77. The monoisotopic (exact) mass is 383 g/mol. The lowest BCUT2D eigenvalue weighted by Gasteiger charge is -2.08. The molecule has 130 valence electrons. The maximum Gasteiger partial charge on any atom is 0.271 e. The molecule has 24 heavy (non-hydrogen) atoms. The summed E-state index contributed by atoms with van der Waals surface area (Å²) in [6.45, 7) is 0.924. The van der Waals surface area contributed by atoms with Crippen molar-refractivity contribution in [3.8, 4) is 0 Å². The van der Waals surface area contributed by atoms with Crippen LogP contribution in [0.3, 0.4) is 0 Å². The van der Waals surface area contributed by atoms with Crippen LogP contribution in [0.5, 0.6) is 0 Å². The number of fused-ring (bicyclic) bond motifs is 1. The Morgan fingerprint density at radius 1 is 1.42 bits per heavy atom. The van der Waals surface area contributed by atoms with Crippen LogP contribution in [0, 0.1) is 0 Å². The quantitative estimate of drug-likeness (QED) is 0.560. The molecule has 1 fully saturated rings. The van der Waals surface area contributed by atoms with Crippen LogP contribution in [0.15, 0.2) is 22.6 Å². The maximum atomic E-state index is 12.2. The number of hydrogen-bond donors (Lipinski definition) is 1. The second-order valence-electron chi connectivity index (χ2n) is 5.80. The Labute approximate surface area is 153 Å². The fraction of sp³-hybridized carbons (Fsp3) is 0.562. The smallest absolute Gasteiger partial charge is 0.271 e. The Bertz CT molecular complexity index is 737. The molecular weight excluding hydrogens is 362 g/mol. The number of nitrogens with one attached hydrogen (secondary N) is 1. The van der Waals surface area contributed by atoms with Crippen molar-refractivity contribution in [2.45, 2.75) is 43.9 Å². The van der Waals surface area contributed by atoms with Crippen LogP contribution >= 0.6 is 32.9 Å². The van der Waals surface area contributed by atoms with Gasteiger partial charge in [-0.1, -0.05) is 28.0 Å². The standard InChI is InChI=1S/C16H21N3O2S3/c20-14(4-2-1-3-12-5-10-23-24-12)17-7-8-19-11-18-13-6-9-22-15(13)16(19)21/h6,9,11-12H,1-5,7-8,10H2,(H,17,20)/t12-/m0/s1. The lowest BCUT2D eigenvalue weighted by Crippen LogP contribution is -2.30. The van der Waals surface area contributed by atoms with Crippen LogP contribution in [-0.4, -0.2) is 33.0 Å². The molecule has 1 saturated heterocycles. The van der Waals surface area contributed by atoms with E-state index in [-0.39, 0.29) is 11.5 Å². The van der Waals surface area contributed by atoms with Crippen molar-refractivity contribution < 1.29 is 4.79 Å². The molecule has 1 aliphatic rings. The van der Waals surface area contributed by atoms with E-state index in [0.717, 1.165) is 23.6 Å². The number of hydrogen-bond acceptors (Lipinski definition) is 6. The van der Waals surface area contributed by atoms with E-state index in [4.69, 9.17) is 0 Å². The zero-order valence-corrected chi connectivity index (χ0v) is 15.9. The van der Waals surface area contributed by atoms with Crippen molar-refractivity contribution in [1.82, 2.24) is 14.9 Å². The predicted octanol–water partition coefficient (Wildman–Crippen LogP) is 3.29. The van der Waals surface area contributed by atoms with E-state index in [0.29, 0.717) is 24.2 Å². The van der Waals surface area contributed by atoms with Crippen LogP contribution in [0.2, 0.25) is 0 Å². The number of rotatable bonds is 8. The molecule has 1 N–H and O–H groups in total. The van der Waals surface area contributed by atoms with Gasteiger partial charge in [-0.05, 0) is 30.7 Å². The van der Waals surface area contributed by atoms with Gasteiger partial charge < -0.3 is 5.32 Å². The Kier molecular flexibility index (Phi) is 6.62. The summed E-state index contributed by atoms with van der Waals surface area (Å²) in [5.41, 5.74) is 0.709. The highest BCUT2D eigenvalue weighted by Crippen LogP contribution is 2.39. The number of carbonyl (C=O) groups is 1. The molecule has 3 rings (SSSR count). The second-order valence-corrected chi connectivity index (χ2v) is 9.51. The molecule has 2 aromatic heterocycles. The Morgan fingerprint density at radius 3 is 3.17 bits per heavy atom. The number of unbranched alkanes of at least 4 members (excludes halogenated alkanes) is 1. The van der Waals surface area contributed by atoms with Gasteiger partial charge in [-0.15, -0.1) is 11.3 Å². The largest absolute Gasteiger partial charge is 0.354 e. The average molecular weight is 384 g/mol. The zero-order chi connectivity index (χ0) is 16.8. The lowest BCUT2D eigenvalue weighted by molar-refractivity contribution is -0.121. The molecule has 2 aromatic rings. The van der Waals surface area contributed by atoms with Crippen molar-refractivity contribution >= 4 is 49.0 Å².